The smallest absolute Gasteiger partial charge is 0.321 e. The number of likely N-dealkylation sites (tertiary alicyclic amines) is 1. The van der Waals surface area contributed by atoms with Crippen LogP contribution in [0.3, 0.4) is 0 Å². The van der Waals surface area contributed by atoms with Crippen molar-refractivity contribution < 1.29 is 13.7 Å². The zero-order chi connectivity index (χ0) is 19.5. The average molecular weight is 402 g/mol. The summed E-state index contributed by atoms with van der Waals surface area (Å²) in [7, 11) is 0. The lowest BCUT2D eigenvalue weighted by Gasteiger charge is -2.30. The molecule has 2 amide bonds. The predicted octanol–water partition coefficient (Wildman–Crippen LogP) is 4.34. The number of anilines is 1. The average Bonchev–Trinajstić information content (AvgIpc) is 3.21. The maximum Gasteiger partial charge on any atom is 0.321 e. The second-order valence-electron chi connectivity index (χ2n) is 6.49. The van der Waals surface area contributed by atoms with Gasteiger partial charge in [0.1, 0.15) is 11.5 Å². The van der Waals surface area contributed by atoms with Crippen LogP contribution >= 0.6 is 11.6 Å². The van der Waals surface area contributed by atoms with E-state index >= 15 is 0 Å². The molecule has 4 rings (SSSR count). The summed E-state index contributed by atoms with van der Waals surface area (Å²) in [5, 5.41) is 6.85. The van der Waals surface area contributed by atoms with Crippen LogP contribution in [0.2, 0.25) is 5.02 Å². The Morgan fingerprint density at radius 2 is 2.07 bits per heavy atom. The minimum Gasteiger partial charge on any atom is -0.339 e. The van der Waals surface area contributed by atoms with Crippen LogP contribution in [-0.4, -0.2) is 39.1 Å². The number of piperidine rings is 1. The fourth-order valence-corrected chi connectivity index (χ4v) is 3.27. The van der Waals surface area contributed by atoms with Crippen molar-refractivity contribution in [1.29, 1.82) is 0 Å². The topological polar surface area (TPSA) is 84.2 Å². The van der Waals surface area contributed by atoms with Gasteiger partial charge in [-0.05, 0) is 43.2 Å². The predicted molar refractivity (Wildman–Crippen MR) is 102 cm³/mol. The molecule has 0 aliphatic carbocycles. The second-order valence-corrected chi connectivity index (χ2v) is 6.92. The van der Waals surface area contributed by atoms with Gasteiger partial charge in [0, 0.05) is 30.2 Å². The van der Waals surface area contributed by atoms with Gasteiger partial charge >= 0.3 is 6.03 Å². The summed E-state index contributed by atoms with van der Waals surface area (Å²) in [6.45, 7) is 1.01. The molecule has 3 aromatic rings. The molecule has 1 aliphatic rings. The highest BCUT2D eigenvalue weighted by Crippen LogP contribution is 2.28. The van der Waals surface area contributed by atoms with E-state index in [-0.39, 0.29) is 22.7 Å². The molecule has 0 unspecified atom stereocenters. The van der Waals surface area contributed by atoms with Crippen LogP contribution in [0.15, 0.2) is 47.1 Å². The molecular weight excluding hydrogens is 385 g/mol. The van der Waals surface area contributed by atoms with Crippen LogP contribution in [0.1, 0.15) is 24.7 Å². The highest BCUT2D eigenvalue weighted by Gasteiger charge is 2.28. The highest BCUT2D eigenvalue weighted by molar-refractivity contribution is 6.30. The lowest BCUT2D eigenvalue weighted by Crippen LogP contribution is -2.40. The van der Waals surface area contributed by atoms with E-state index in [1.807, 2.05) is 18.2 Å². The van der Waals surface area contributed by atoms with E-state index < -0.39 is 5.82 Å². The number of carbonyl (C=O) groups is 1. The van der Waals surface area contributed by atoms with Crippen molar-refractivity contribution in [1.82, 2.24) is 20.0 Å². The number of nitrogens with one attached hydrogen (secondary N) is 1. The van der Waals surface area contributed by atoms with E-state index in [9.17, 15) is 9.18 Å². The Hall–Kier alpha value is -3.00. The maximum atomic E-state index is 13.9. The number of hydrogen-bond acceptors (Lipinski definition) is 5. The number of urea groups is 1. The zero-order valence-electron chi connectivity index (χ0n) is 14.8. The van der Waals surface area contributed by atoms with Crippen molar-refractivity contribution >= 4 is 23.3 Å². The number of pyridine rings is 1. The Kier molecular flexibility index (Phi) is 5.21. The second kappa shape index (κ2) is 7.93. The van der Waals surface area contributed by atoms with Gasteiger partial charge in [0.25, 0.3) is 0 Å². The number of carbonyl (C=O) groups excluding carboxylic acids is 1. The first-order valence-corrected chi connectivity index (χ1v) is 9.24. The van der Waals surface area contributed by atoms with E-state index in [1.165, 1.54) is 12.1 Å². The van der Waals surface area contributed by atoms with E-state index in [0.717, 1.165) is 6.07 Å². The third-order valence-electron chi connectivity index (χ3n) is 4.64. The summed E-state index contributed by atoms with van der Waals surface area (Å²) in [5.41, 5.74) is 0.757. The standard InChI is InChI=1S/C19H17ClFN5O2/c20-13-4-5-15(14(21)11-13)23-19(27)26-9-6-12(7-10-26)18-24-17(25-28-18)16-3-1-2-8-22-16/h1-5,8,11-12H,6-7,9-10H2,(H,23,27). The van der Waals surface area contributed by atoms with Gasteiger partial charge in [-0.1, -0.05) is 22.8 Å². The molecule has 0 bridgehead atoms. The molecule has 1 aliphatic heterocycles. The highest BCUT2D eigenvalue weighted by atomic mass is 35.5. The third kappa shape index (κ3) is 3.96. The van der Waals surface area contributed by atoms with E-state index in [0.29, 0.717) is 43.3 Å². The van der Waals surface area contributed by atoms with Gasteiger partial charge in [-0.2, -0.15) is 4.98 Å². The van der Waals surface area contributed by atoms with E-state index in [2.05, 4.69) is 20.4 Å². The van der Waals surface area contributed by atoms with Gasteiger partial charge in [-0.3, -0.25) is 4.98 Å². The number of nitrogens with zero attached hydrogens (tertiary/aromatic N) is 4. The van der Waals surface area contributed by atoms with Crippen LogP contribution in [0.5, 0.6) is 0 Å². The van der Waals surface area contributed by atoms with Crippen LogP contribution in [0.25, 0.3) is 11.5 Å². The molecule has 0 saturated carbocycles. The third-order valence-corrected chi connectivity index (χ3v) is 4.87. The van der Waals surface area contributed by atoms with Crippen molar-refractivity contribution in [3.63, 3.8) is 0 Å². The van der Waals surface area contributed by atoms with Gasteiger partial charge in [0.15, 0.2) is 0 Å². The summed E-state index contributed by atoms with van der Waals surface area (Å²) in [5.74, 6) is 0.503. The number of rotatable bonds is 3. The van der Waals surface area contributed by atoms with Gasteiger partial charge in [0.2, 0.25) is 11.7 Å². The Morgan fingerprint density at radius 3 is 2.79 bits per heavy atom. The van der Waals surface area contributed by atoms with Crippen LogP contribution in [0.4, 0.5) is 14.9 Å². The Labute approximate surface area is 165 Å². The molecule has 1 fully saturated rings. The molecule has 3 heterocycles. The minimum atomic E-state index is -0.566. The fourth-order valence-electron chi connectivity index (χ4n) is 3.11. The lowest BCUT2D eigenvalue weighted by atomic mass is 9.97. The van der Waals surface area contributed by atoms with E-state index in [1.54, 1.807) is 11.1 Å². The zero-order valence-corrected chi connectivity index (χ0v) is 15.6. The van der Waals surface area contributed by atoms with Crippen LogP contribution in [0, 0.1) is 5.82 Å². The Morgan fingerprint density at radius 1 is 1.25 bits per heavy atom. The van der Waals surface area contributed by atoms with Crippen molar-refractivity contribution in [2.75, 3.05) is 18.4 Å². The van der Waals surface area contributed by atoms with Crippen LogP contribution < -0.4 is 5.32 Å². The first-order valence-electron chi connectivity index (χ1n) is 8.86. The summed E-state index contributed by atoms with van der Waals surface area (Å²) < 4.78 is 19.2. The number of aromatic nitrogens is 3. The number of halogens is 2. The van der Waals surface area contributed by atoms with Crippen molar-refractivity contribution in [3.8, 4) is 11.5 Å². The van der Waals surface area contributed by atoms with Gasteiger partial charge in [0.05, 0.1) is 5.69 Å². The quantitative estimate of drug-likeness (QED) is 0.705. The number of amides is 2. The molecule has 1 N–H and O–H groups in total. The number of benzene rings is 1. The number of hydrogen-bond donors (Lipinski definition) is 1. The molecule has 2 aromatic heterocycles. The molecule has 0 spiro atoms. The van der Waals surface area contributed by atoms with E-state index in [4.69, 9.17) is 16.1 Å². The summed E-state index contributed by atoms with van der Waals surface area (Å²) >= 11 is 5.73. The van der Waals surface area contributed by atoms with Gasteiger partial charge in [-0.15, -0.1) is 0 Å². The summed E-state index contributed by atoms with van der Waals surface area (Å²) in [6.07, 6.45) is 3.03. The molecule has 0 atom stereocenters. The molecule has 28 heavy (non-hydrogen) atoms. The van der Waals surface area contributed by atoms with Crippen molar-refractivity contribution in [3.05, 3.63) is 59.3 Å². The molecule has 9 heteroatoms. The Balaban J connectivity index is 1.35. The lowest BCUT2D eigenvalue weighted by molar-refractivity contribution is 0.187. The van der Waals surface area contributed by atoms with Gasteiger partial charge in [-0.25, -0.2) is 9.18 Å². The molecular formula is C19H17ClFN5O2. The fraction of sp³-hybridized carbons (Fsp3) is 0.263. The van der Waals surface area contributed by atoms with Crippen molar-refractivity contribution in [2.45, 2.75) is 18.8 Å². The molecule has 144 valence electrons. The van der Waals surface area contributed by atoms with Gasteiger partial charge < -0.3 is 14.7 Å². The summed E-state index contributed by atoms with van der Waals surface area (Å²) in [4.78, 5) is 22.7. The molecule has 0 radical (unpaired) electrons. The monoisotopic (exact) mass is 401 g/mol. The minimum absolute atomic E-state index is 0.0706. The maximum absolute atomic E-state index is 13.9. The van der Waals surface area contributed by atoms with Crippen molar-refractivity contribution in [2.24, 2.45) is 0 Å². The normalized spacial score (nSPS) is 14.9. The molecule has 1 aromatic carbocycles. The summed E-state index contributed by atoms with van der Waals surface area (Å²) in [6, 6.07) is 9.29. The first kappa shape index (κ1) is 18.4. The molecule has 7 nitrogen and oxygen atoms in total. The SMILES string of the molecule is O=C(Nc1ccc(Cl)cc1F)N1CCC(c2nc(-c3ccccn3)no2)CC1. The first-order chi connectivity index (χ1) is 13.6. The largest absolute Gasteiger partial charge is 0.339 e. The Bertz CT molecular complexity index is 973. The van der Waals surface area contributed by atoms with Crippen LogP contribution in [-0.2, 0) is 0 Å². The molecule has 1 saturated heterocycles.